The Hall–Kier alpha value is -2.56. The van der Waals surface area contributed by atoms with E-state index in [9.17, 15) is 9.18 Å². The average Bonchev–Trinajstić information content (AvgIpc) is 2.56. The van der Waals surface area contributed by atoms with Crippen molar-refractivity contribution in [1.29, 1.82) is 0 Å². The average molecular weight is 318 g/mol. The van der Waals surface area contributed by atoms with Gasteiger partial charge in [-0.15, -0.1) is 0 Å². The zero-order chi connectivity index (χ0) is 16.8. The number of esters is 1. The van der Waals surface area contributed by atoms with Gasteiger partial charge in [0.2, 0.25) is 0 Å². The summed E-state index contributed by atoms with van der Waals surface area (Å²) in [5.41, 5.74) is 0.651. The second-order valence-corrected chi connectivity index (χ2v) is 4.89. The molecule has 4 nitrogen and oxygen atoms in total. The number of hydrogen-bond donors (Lipinski definition) is 0. The van der Waals surface area contributed by atoms with Crippen molar-refractivity contribution in [2.75, 3.05) is 14.2 Å². The van der Waals surface area contributed by atoms with E-state index in [2.05, 4.69) is 4.74 Å². The van der Waals surface area contributed by atoms with E-state index in [0.29, 0.717) is 11.5 Å². The Morgan fingerprint density at radius 2 is 1.70 bits per heavy atom. The number of benzene rings is 2. The first-order valence-electron chi connectivity index (χ1n) is 7.32. The van der Waals surface area contributed by atoms with Crippen molar-refractivity contribution in [1.82, 2.24) is 0 Å². The van der Waals surface area contributed by atoms with Crippen LogP contribution in [0.15, 0.2) is 36.4 Å². The van der Waals surface area contributed by atoms with Gasteiger partial charge in [-0.25, -0.2) is 9.18 Å². The Morgan fingerprint density at radius 1 is 1.04 bits per heavy atom. The molecule has 0 aromatic heterocycles. The van der Waals surface area contributed by atoms with Crippen LogP contribution in [0.3, 0.4) is 0 Å². The summed E-state index contributed by atoms with van der Waals surface area (Å²) >= 11 is 0. The van der Waals surface area contributed by atoms with Crippen LogP contribution in [-0.2, 0) is 11.2 Å². The predicted octanol–water partition coefficient (Wildman–Crippen LogP) is 4.37. The van der Waals surface area contributed by atoms with Gasteiger partial charge < -0.3 is 14.2 Å². The number of methoxy groups -OCH3 is 2. The molecule has 0 radical (unpaired) electrons. The molecule has 5 heteroatoms. The highest BCUT2D eigenvalue weighted by molar-refractivity contribution is 5.92. The lowest BCUT2D eigenvalue weighted by Gasteiger charge is -2.16. The summed E-state index contributed by atoms with van der Waals surface area (Å²) in [7, 11) is 2.78. The molecule has 0 spiro atoms. The maximum Gasteiger partial charge on any atom is 0.344 e. The SMILES string of the molecule is CCCc1c(OC)cccc1Oc1cccc(F)c1C(=O)OC. The molecule has 2 aromatic carbocycles. The van der Waals surface area contributed by atoms with E-state index in [0.717, 1.165) is 18.4 Å². The van der Waals surface area contributed by atoms with Gasteiger partial charge in [-0.2, -0.15) is 0 Å². The molecule has 0 saturated carbocycles. The molecular weight excluding hydrogens is 299 g/mol. The molecule has 0 fully saturated rings. The molecule has 0 saturated heterocycles. The second-order valence-electron chi connectivity index (χ2n) is 4.89. The van der Waals surface area contributed by atoms with Gasteiger partial charge >= 0.3 is 5.97 Å². The van der Waals surface area contributed by atoms with Gasteiger partial charge in [0.25, 0.3) is 0 Å². The first-order valence-corrected chi connectivity index (χ1v) is 7.32. The molecule has 0 amide bonds. The topological polar surface area (TPSA) is 44.8 Å². The minimum atomic E-state index is -0.780. The lowest BCUT2D eigenvalue weighted by Crippen LogP contribution is -2.07. The third-order valence-corrected chi connectivity index (χ3v) is 3.39. The highest BCUT2D eigenvalue weighted by Gasteiger charge is 2.20. The maximum atomic E-state index is 14.0. The number of ether oxygens (including phenoxy) is 3. The Bertz CT molecular complexity index is 697. The summed E-state index contributed by atoms with van der Waals surface area (Å²) in [5, 5.41) is 0. The van der Waals surface area contributed by atoms with Gasteiger partial charge in [-0.05, 0) is 30.7 Å². The van der Waals surface area contributed by atoms with E-state index < -0.39 is 11.8 Å². The summed E-state index contributed by atoms with van der Waals surface area (Å²) in [4.78, 5) is 11.8. The number of hydrogen-bond acceptors (Lipinski definition) is 4. The van der Waals surface area contributed by atoms with E-state index in [-0.39, 0.29) is 11.3 Å². The molecular formula is C18H19FO4. The molecule has 122 valence electrons. The van der Waals surface area contributed by atoms with Crippen molar-refractivity contribution >= 4 is 5.97 Å². The monoisotopic (exact) mass is 318 g/mol. The lowest BCUT2D eigenvalue weighted by molar-refractivity contribution is 0.0592. The first kappa shape index (κ1) is 16.8. The molecule has 2 aromatic rings. The van der Waals surface area contributed by atoms with Crippen LogP contribution in [0.5, 0.6) is 17.2 Å². The van der Waals surface area contributed by atoms with Crippen molar-refractivity contribution in [3.8, 4) is 17.2 Å². The normalized spacial score (nSPS) is 10.3. The van der Waals surface area contributed by atoms with E-state index in [4.69, 9.17) is 9.47 Å². The van der Waals surface area contributed by atoms with Crippen LogP contribution >= 0.6 is 0 Å². The van der Waals surface area contributed by atoms with Crippen LogP contribution < -0.4 is 9.47 Å². The fraction of sp³-hybridized carbons (Fsp3) is 0.278. The fourth-order valence-electron chi connectivity index (χ4n) is 2.34. The first-order chi connectivity index (χ1) is 11.1. The number of carbonyl (C=O) groups excluding carboxylic acids is 1. The largest absolute Gasteiger partial charge is 0.496 e. The molecule has 23 heavy (non-hydrogen) atoms. The fourth-order valence-corrected chi connectivity index (χ4v) is 2.34. The minimum absolute atomic E-state index is 0.113. The molecule has 0 unspecified atom stereocenters. The van der Waals surface area contributed by atoms with Crippen molar-refractivity contribution in [3.63, 3.8) is 0 Å². The van der Waals surface area contributed by atoms with Crippen LogP contribution in [0.25, 0.3) is 0 Å². The molecule has 0 aliphatic rings. The van der Waals surface area contributed by atoms with Gasteiger partial charge in [0.05, 0.1) is 14.2 Å². The number of halogens is 1. The van der Waals surface area contributed by atoms with Crippen molar-refractivity contribution in [3.05, 3.63) is 53.3 Å². The lowest BCUT2D eigenvalue weighted by atomic mass is 10.1. The predicted molar refractivity (Wildman–Crippen MR) is 84.8 cm³/mol. The molecule has 0 aliphatic heterocycles. The summed E-state index contributed by atoms with van der Waals surface area (Å²) in [6.45, 7) is 2.04. The standard InChI is InChI=1S/C18H19FO4/c1-4-7-12-14(21-2)9-6-10-15(12)23-16-11-5-8-13(19)17(16)18(20)22-3/h5-6,8-11H,4,7H2,1-3H3. The summed E-state index contributed by atoms with van der Waals surface area (Å²) in [5.74, 6) is -0.128. The summed E-state index contributed by atoms with van der Waals surface area (Å²) in [6.07, 6.45) is 1.63. The van der Waals surface area contributed by atoms with Crippen LogP contribution in [-0.4, -0.2) is 20.2 Å². The van der Waals surface area contributed by atoms with E-state index in [1.165, 1.54) is 25.3 Å². The zero-order valence-corrected chi connectivity index (χ0v) is 13.4. The van der Waals surface area contributed by atoms with Crippen LogP contribution in [0, 0.1) is 5.82 Å². The highest BCUT2D eigenvalue weighted by Crippen LogP contribution is 2.35. The summed E-state index contributed by atoms with van der Waals surface area (Å²) < 4.78 is 29.8. The Kier molecular flexibility index (Phi) is 5.57. The van der Waals surface area contributed by atoms with Gasteiger partial charge in [-0.1, -0.05) is 25.5 Å². The van der Waals surface area contributed by atoms with Gasteiger partial charge in [0.15, 0.2) is 0 Å². The second kappa shape index (κ2) is 7.63. The molecule has 2 rings (SSSR count). The molecule has 0 aliphatic carbocycles. The van der Waals surface area contributed by atoms with Crippen LogP contribution in [0.1, 0.15) is 29.3 Å². The van der Waals surface area contributed by atoms with Crippen LogP contribution in [0.4, 0.5) is 4.39 Å². The molecule has 0 heterocycles. The minimum Gasteiger partial charge on any atom is -0.496 e. The zero-order valence-electron chi connectivity index (χ0n) is 13.4. The van der Waals surface area contributed by atoms with Gasteiger partial charge in [0.1, 0.15) is 28.6 Å². The van der Waals surface area contributed by atoms with Gasteiger partial charge in [0, 0.05) is 5.56 Å². The van der Waals surface area contributed by atoms with E-state index in [1.807, 2.05) is 13.0 Å². The molecule has 0 N–H and O–H groups in total. The maximum absolute atomic E-state index is 14.0. The quantitative estimate of drug-likeness (QED) is 0.742. The number of carbonyl (C=O) groups is 1. The van der Waals surface area contributed by atoms with Crippen molar-refractivity contribution < 1.29 is 23.4 Å². The number of rotatable bonds is 6. The van der Waals surface area contributed by atoms with E-state index in [1.54, 1.807) is 19.2 Å². The van der Waals surface area contributed by atoms with Gasteiger partial charge in [-0.3, -0.25) is 0 Å². The Morgan fingerprint density at radius 3 is 2.35 bits per heavy atom. The third-order valence-electron chi connectivity index (χ3n) is 3.39. The smallest absolute Gasteiger partial charge is 0.344 e. The molecule has 0 atom stereocenters. The van der Waals surface area contributed by atoms with Crippen molar-refractivity contribution in [2.24, 2.45) is 0 Å². The Balaban J connectivity index is 2.48. The van der Waals surface area contributed by atoms with E-state index >= 15 is 0 Å². The van der Waals surface area contributed by atoms with Crippen LogP contribution in [0.2, 0.25) is 0 Å². The highest BCUT2D eigenvalue weighted by atomic mass is 19.1. The summed E-state index contributed by atoms with van der Waals surface area (Å²) in [6, 6.07) is 9.59. The third kappa shape index (κ3) is 3.62. The molecule has 0 bridgehead atoms. The Labute approximate surface area is 134 Å². The van der Waals surface area contributed by atoms with Crippen molar-refractivity contribution in [2.45, 2.75) is 19.8 Å².